The highest BCUT2D eigenvalue weighted by Gasteiger charge is 2.17. The largest absolute Gasteiger partial charge is 0.478 e. The molecule has 0 fully saturated rings. The van der Waals surface area contributed by atoms with Gasteiger partial charge in [0, 0.05) is 7.11 Å². The quantitative estimate of drug-likeness (QED) is 0.779. The molecule has 0 saturated heterocycles. The maximum Gasteiger partial charge on any atom is 0.339 e. The maximum atomic E-state index is 11.2. The van der Waals surface area contributed by atoms with E-state index in [2.05, 4.69) is 0 Å². The highest BCUT2D eigenvalue weighted by Crippen LogP contribution is 2.27. The van der Waals surface area contributed by atoms with E-state index in [1.807, 2.05) is 13.0 Å². The third-order valence-corrected chi connectivity index (χ3v) is 2.36. The number of methoxy groups -OCH3 is 1. The van der Waals surface area contributed by atoms with Crippen LogP contribution < -0.4 is 4.74 Å². The maximum absolute atomic E-state index is 11.2. The number of carboxylic acids is 1. The van der Waals surface area contributed by atoms with E-state index >= 15 is 0 Å². The first-order valence-corrected chi connectivity index (χ1v) is 5.09. The molecule has 0 amide bonds. The minimum Gasteiger partial charge on any atom is -0.478 e. The van der Waals surface area contributed by atoms with E-state index in [0.717, 1.165) is 12.0 Å². The van der Waals surface area contributed by atoms with Crippen LogP contribution in [0.3, 0.4) is 0 Å². The third-order valence-electron chi connectivity index (χ3n) is 2.36. The number of hydrogen-bond acceptors (Lipinski definition) is 3. The zero-order chi connectivity index (χ0) is 12.1. The summed E-state index contributed by atoms with van der Waals surface area (Å²) in [4.78, 5) is 11.2. The zero-order valence-electron chi connectivity index (χ0n) is 9.74. The monoisotopic (exact) mass is 224 g/mol. The number of carboxylic acid groups (broad SMARTS) is 1. The summed E-state index contributed by atoms with van der Waals surface area (Å²) in [6.07, 6.45) is 0.722. The van der Waals surface area contributed by atoms with Crippen molar-refractivity contribution in [3.8, 4) is 5.75 Å². The van der Waals surface area contributed by atoms with E-state index in [9.17, 15) is 4.79 Å². The van der Waals surface area contributed by atoms with Crippen LogP contribution in [0.25, 0.3) is 0 Å². The van der Waals surface area contributed by atoms with Crippen molar-refractivity contribution in [2.45, 2.75) is 20.3 Å². The lowest BCUT2D eigenvalue weighted by Crippen LogP contribution is -2.09. The molecule has 4 heteroatoms. The van der Waals surface area contributed by atoms with Crippen LogP contribution in [0.4, 0.5) is 0 Å². The molecule has 0 atom stereocenters. The first kappa shape index (κ1) is 12.5. The molecule has 0 saturated carbocycles. The van der Waals surface area contributed by atoms with Crippen molar-refractivity contribution in [2.75, 3.05) is 13.9 Å². The molecule has 88 valence electrons. The molecule has 4 nitrogen and oxygen atoms in total. The van der Waals surface area contributed by atoms with Gasteiger partial charge in [0.25, 0.3) is 0 Å². The molecule has 0 spiro atoms. The highest BCUT2D eigenvalue weighted by molar-refractivity contribution is 5.93. The van der Waals surface area contributed by atoms with Crippen molar-refractivity contribution < 1.29 is 19.4 Å². The van der Waals surface area contributed by atoms with Crippen LogP contribution in [0.15, 0.2) is 12.1 Å². The van der Waals surface area contributed by atoms with E-state index in [-0.39, 0.29) is 12.4 Å². The summed E-state index contributed by atoms with van der Waals surface area (Å²) >= 11 is 0. The van der Waals surface area contributed by atoms with Crippen molar-refractivity contribution in [3.63, 3.8) is 0 Å². The zero-order valence-corrected chi connectivity index (χ0v) is 9.74. The van der Waals surface area contributed by atoms with E-state index in [1.165, 1.54) is 7.11 Å². The van der Waals surface area contributed by atoms with Gasteiger partial charge in [-0.05, 0) is 24.5 Å². The molecule has 0 unspecified atom stereocenters. The lowest BCUT2D eigenvalue weighted by Gasteiger charge is -2.14. The Kier molecular flexibility index (Phi) is 4.31. The van der Waals surface area contributed by atoms with Crippen molar-refractivity contribution in [1.82, 2.24) is 0 Å². The van der Waals surface area contributed by atoms with Gasteiger partial charge in [-0.3, -0.25) is 0 Å². The van der Waals surface area contributed by atoms with Gasteiger partial charge in [0.05, 0.1) is 0 Å². The fourth-order valence-electron chi connectivity index (χ4n) is 1.55. The molecular formula is C12H16O4. The Bertz CT molecular complexity index is 385. The van der Waals surface area contributed by atoms with E-state index in [1.54, 1.807) is 13.0 Å². The lowest BCUT2D eigenvalue weighted by molar-refractivity contribution is 0.0476. The molecule has 1 N–H and O–H groups in total. The molecular weight excluding hydrogens is 208 g/mol. The van der Waals surface area contributed by atoms with Crippen LogP contribution in [0.1, 0.15) is 28.4 Å². The number of rotatable bonds is 5. The Labute approximate surface area is 94.8 Å². The number of aromatic carboxylic acids is 1. The summed E-state index contributed by atoms with van der Waals surface area (Å²) in [6.45, 7) is 3.76. The van der Waals surface area contributed by atoms with Crippen LogP contribution in [-0.4, -0.2) is 25.0 Å². The Morgan fingerprint density at radius 1 is 1.44 bits per heavy atom. The molecule has 0 aliphatic carbocycles. The molecule has 0 radical (unpaired) electrons. The third kappa shape index (κ3) is 2.52. The van der Waals surface area contributed by atoms with Crippen LogP contribution >= 0.6 is 0 Å². The average Bonchev–Trinajstić information content (AvgIpc) is 2.25. The molecule has 1 aromatic carbocycles. The van der Waals surface area contributed by atoms with E-state index in [4.69, 9.17) is 14.6 Å². The van der Waals surface area contributed by atoms with Gasteiger partial charge in [-0.1, -0.05) is 19.1 Å². The molecule has 0 aliphatic heterocycles. The standard InChI is InChI=1S/C12H16O4/c1-4-9-6-5-8(2)10(12(13)14)11(9)16-7-15-3/h5-6H,4,7H2,1-3H3,(H,13,14). The van der Waals surface area contributed by atoms with Gasteiger partial charge < -0.3 is 14.6 Å². The van der Waals surface area contributed by atoms with Gasteiger partial charge in [-0.15, -0.1) is 0 Å². The van der Waals surface area contributed by atoms with Gasteiger partial charge in [-0.25, -0.2) is 4.79 Å². The summed E-state index contributed by atoms with van der Waals surface area (Å²) < 4.78 is 10.2. The molecule has 1 aromatic rings. The Hall–Kier alpha value is -1.55. The smallest absolute Gasteiger partial charge is 0.339 e. The Morgan fingerprint density at radius 3 is 2.62 bits per heavy atom. The average molecular weight is 224 g/mol. The second-order valence-electron chi connectivity index (χ2n) is 3.46. The summed E-state index contributed by atoms with van der Waals surface area (Å²) in [5.41, 5.74) is 1.78. The van der Waals surface area contributed by atoms with E-state index in [0.29, 0.717) is 11.3 Å². The fraction of sp³-hybridized carbons (Fsp3) is 0.417. The van der Waals surface area contributed by atoms with Gasteiger partial charge in [-0.2, -0.15) is 0 Å². The molecule has 0 aliphatic rings. The Balaban J connectivity index is 3.25. The fourth-order valence-corrected chi connectivity index (χ4v) is 1.55. The normalized spacial score (nSPS) is 10.2. The second-order valence-corrected chi connectivity index (χ2v) is 3.46. The van der Waals surface area contributed by atoms with Gasteiger partial charge in [0.15, 0.2) is 6.79 Å². The minimum absolute atomic E-state index is 0.0523. The van der Waals surface area contributed by atoms with Crippen LogP contribution in [0, 0.1) is 6.92 Å². The predicted octanol–water partition coefficient (Wildman–Crippen LogP) is 2.24. The summed E-state index contributed by atoms with van der Waals surface area (Å²) in [6, 6.07) is 3.68. The summed E-state index contributed by atoms with van der Waals surface area (Å²) in [5, 5.41) is 9.14. The highest BCUT2D eigenvalue weighted by atomic mass is 16.7. The lowest BCUT2D eigenvalue weighted by atomic mass is 10.0. The second kappa shape index (κ2) is 5.51. The topological polar surface area (TPSA) is 55.8 Å². The number of benzene rings is 1. The van der Waals surface area contributed by atoms with Gasteiger partial charge in [0.2, 0.25) is 0 Å². The molecule has 16 heavy (non-hydrogen) atoms. The molecule has 0 heterocycles. The summed E-state index contributed by atoms with van der Waals surface area (Å²) in [5.74, 6) is -0.559. The molecule has 1 rings (SSSR count). The van der Waals surface area contributed by atoms with Crippen molar-refractivity contribution in [1.29, 1.82) is 0 Å². The van der Waals surface area contributed by atoms with Crippen LogP contribution in [0.5, 0.6) is 5.75 Å². The number of aryl methyl sites for hydroxylation is 2. The SMILES string of the molecule is CCc1ccc(C)c(C(=O)O)c1OCOC. The van der Waals surface area contributed by atoms with Crippen molar-refractivity contribution in [3.05, 3.63) is 28.8 Å². The Morgan fingerprint density at radius 2 is 2.12 bits per heavy atom. The predicted molar refractivity (Wildman–Crippen MR) is 60.0 cm³/mol. The number of carbonyl (C=O) groups is 1. The van der Waals surface area contributed by atoms with Gasteiger partial charge in [0.1, 0.15) is 11.3 Å². The van der Waals surface area contributed by atoms with Crippen LogP contribution in [0.2, 0.25) is 0 Å². The number of ether oxygens (including phenoxy) is 2. The first-order chi connectivity index (χ1) is 7.61. The van der Waals surface area contributed by atoms with Crippen LogP contribution in [-0.2, 0) is 11.2 Å². The molecule has 0 aromatic heterocycles. The molecule has 0 bridgehead atoms. The first-order valence-electron chi connectivity index (χ1n) is 5.09. The van der Waals surface area contributed by atoms with Crippen molar-refractivity contribution in [2.24, 2.45) is 0 Å². The van der Waals surface area contributed by atoms with Crippen molar-refractivity contribution >= 4 is 5.97 Å². The van der Waals surface area contributed by atoms with Gasteiger partial charge >= 0.3 is 5.97 Å². The minimum atomic E-state index is -0.973. The summed E-state index contributed by atoms with van der Waals surface area (Å²) in [7, 11) is 1.50. The number of hydrogen-bond donors (Lipinski definition) is 1. The van der Waals surface area contributed by atoms with E-state index < -0.39 is 5.97 Å².